The summed E-state index contributed by atoms with van der Waals surface area (Å²) in [4.78, 5) is 44.9. The quantitative estimate of drug-likeness (QED) is 0.692. The first-order valence-electron chi connectivity index (χ1n) is 10.4. The molecule has 32 heavy (non-hydrogen) atoms. The topological polar surface area (TPSA) is 113 Å². The van der Waals surface area contributed by atoms with Crippen molar-refractivity contribution in [1.82, 2.24) is 20.1 Å². The summed E-state index contributed by atoms with van der Waals surface area (Å²) in [6.45, 7) is 5.15. The van der Waals surface area contributed by atoms with E-state index in [0.717, 1.165) is 10.7 Å². The average molecular weight is 460 g/mol. The van der Waals surface area contributed by atoms with E-state index in [-0.39, 0.29) is 12.5 Å². The number of nitrogens with zero attached hydrogens (tertiary/aromatic N) is 3. The molecule has 4 amide bonds. The van der Waals surface area contributed by atoms with E-state index in [2.05, 4.69) is 15.6 Å². The molecule has 1 fully saturated rings. The third-order valence-electron chi connectivity index (χ3n) is 5.11. The predicted octanol–water partition coefficient (Wildman–Crippen LogP) is 1.26. The summed E-state index contributed by atoms with van der Waals surface area (Å²) in [6, 6.07) is 4.43. The third-order valence-corrected chi connectivity index (χ3v) is 6.08. The van der Waals surface area contributed by atoms with Gasteiger partial charge in [-0.05, 0) is 19.1 Å². The van der Waals surface area contributed by atoms with Crippen molar-refractivity contribution in [2.24, 2.45) is 0 Å². The zero-order valence-electron chi connectivity index (χ0n) is 17.8. The van der Waals surface area contributed by atoms with Crippen LogP contribution in [0.3, 0.4) is 0 Å². The number of hydrogen-bond donors (Lipinski definition) is 2. The molecule has 0 spiro atoms. The lowest BCUT2D eigenvalue weighted by Gasteiger charge is -2.34. The van der Waals surface area contributed by atoms with Crippen LogP contribution in [0, 0.1) is 6.92 Å². The van der Waals surface area contributed by atoms with Crippen LogP contribution in [-0.4, -0.2) is 78.6 Å². The van der Waals surface area contributed by atoms with E-state index in [0.29, 0.717) is 63.0 Å². The standard InChI is InChI=1S/C21H25N5O5S/c1-14-13-32-19(22-14)11-20(28)26-6-4-25(5-7-26)12-18(27)24-21(29)23-15-2-3-16-17(10-15)31-9-8-30-16/h2-3,10,13H,4-9,11-12H2,1H3,(H2,23,24,27,29). The Balaban J connectivity index is 1.18. The van der Waals surface area contributed by atoms with Crippen LogP contribution in [0.1, 0.15) is 10.7 Å². The zero-order valence-corrected chi connectivity index (χ0v) is 18.6. The van der Waals surface area contributed by atoms with Crippen LogP contribution in [-0.2, 0) is 16.0 Å². The number of urea groups is 1. The molecule has 1 saturated heterocycles. The Morgan fingerprint density at radius 1 is 1.09 bits per heavy atom. The molecule has 170 valence electrons. The number of piperazine rings is 1. The molecule has 1 aromatic heterocycles. The van der Waals surface area contributed by atoms with Gasteiger partial charge >= 0.3 is 6.03 Å². The van der Waals surface area contributed by atoms with Gasteiger partial charge in [0.05, 0.1) is 13.0 Å². The van der Waals surface area contributed by atoms with Gasteiger partial charge in [-0.2, -0.15) is 0 Å². The molecular formula is C21H25N5O5S. The number of thiazole rings is 1. The lowest BCUT2D eigenvalue weighted by molar-refractivity contribution is -0.132. The Morgan fingerprint density at radius 2 is 1.84 bits per heavy atom. The molecule has 2 N–H and O–H groups in total. The fraction of sp³-hybridized carbons (Fsp3) is 0.429. The molecule has 2 aliphatic heterocycles. The average Bonchev–Trinajstić information content (AvgIpc) is 3.18. The van der Waals surface area contributed by atoms with Crippen molar-refractivity contribution < 1.29 is 23.9 Å². The van der Waals surface area contributed by atoms with Gasteiger partial charge in [0.25, 0.3) is 0 Å². The third kappa shape index (κ3) is 5.74. The molecule has 1 aromatic carbocycles. The predicted molar refractivity (Wildman–Crippen MR) is 118 cm³/mol. The van der Waals surface area contributed by atoms with Crippen molar-refractivity contribution in [2.45, 2.75) is 13.3 Å². The summed E-state index contributed by atoms with van der Waals surface area (Å²) in [7, 11) is 0. The molecule has 0 bridgehead atoms. The smallest absolute Gasteiger partial charge is 0.325 e. The van der Waals surface area contributed by atoms with Crippen LogP contribution in [0.15, 0.2) is 23.6 Å². The van der Waals surface area contributed by atoms with E-state index in [9.17, 15) is 14.4 Å². The Labute approximate surface area is 189 Å². The second-order valence-electron chi connectivity index (χ2n) is 7.58. The highest BCUT2D eigenvalue weighted by molar-refractivity contribution is 7.09. The van der Waals surface area contributed by atoms with Gasteiger partial charge in [0.15, 0.2) is 11.5 Å². The SMILES string of the molecule is Cc1csc(CC(=O)N2CCN(CC(=O)NC(=O)Nc3ccc4c(c3)OCCO4)CC2)n1. The van der Waals surface area contributed by atoms with Crippen LogP contribution >= 0.6 is 11.3 Å². The van der Waals surface area contributed by atoms with E-state index in [1.165, 1.54) is 11.3 Å². The number of rotatable bonds is 5. The van der Waals surface area contributed by atoms with Crippen molar-refractivity contribution in [2.75, 3.05) is 51.3 Å². The minimum Gasteiger partial charge on any atom is -0.486 e. The van der Waals surface area contributed by atoms with Gasteiger partial charge < -0.3 is 19.7 Å². The van der Waals surface area contributed by atoms with Crippen LogP contribution < -0.4 is 20.1 Å². The van der Waals surface area contributed by atoms with E-state index in [1.54, 1.807) is 23.1 Å². The summed E-state index contributed by atoms with van der Waals surface area (Å²) in [6.07, 6.45) is 0.305. The number of aryl methyl sites for hydroxylation is 1. The van der Waals surface area contributed by atoms with Gasteiger partial charge in [0, 0.05) is 49.0 Å². The van der Waals surface area contributed by atoms with Gasteiger partial charge in [-0.15, -0.1) is 11.3 Å². The zero-order chi connectivity index (χ0) is 22.5. The largest absolute Gasteiger partial charge is 0.486 e. The number of nitrogens with one attached hydrogen (secondary N) is 2. The van der Waals surface area contributed by atoms with Crippen molar-refractivity contribution in [3.05, 3.63) is 34.3 Å². The number of anilines is 1. The van der Waals surface area contributed by atoms with Crippen LogP contribution in [0.4, 0.5) is 10.5 Å². The second kappa shape index (κ2) is 9.96. The van der Waals surface area contributed by atoms with E-state index in [1.807, 2.05) is 17.2 Å². The van der Waals surface area contributed by atoms with Gasteiger partial charge in [0.1, 0.15) is 18.2 Å². The molecule has 0 unspecified atom stereocenters. The number of fused-ring (bicyclic) bond motifs is 1. The van der Waals surface area contributed by atoms with E-state index in [4.69, 9.17) is 9.47 Å². The molecule has 11 heteroatoms. The fourth-order valence-corrected chi connectivity index (χ4v) is 4.30. The highest BCUT2D eigenvalue weighted by Gasteiger charge is 2.23. The highest BCUT2D eigenvalue weighted by atomic mass is 32.1. The Bertz CT molecular complexity index is 1000. The number of ether oxygens (including phenoxy) is 2. The molecule has 3 heterocycles. The first kappa shape index (κ1) is 22.0. The lowest BCUT2D eigenvalue weighted by Crippen LogP contribution is -2.52. The molecule has 4 rings (SSSR count). The van der Waals surface area contributed by atoms with Crippen LogP contribution in [0.25, 0.3) is 0 Å². The van der Waals surface area contributed by atoms with Crippen LogP contribution in [0.2, 0.25) is 0 Å². The number of carbonyl (C=O) groups excluding carboxylic acids is 3. The number of benzene rings is 1. The molecule has 0 aliphatic carbocycles. The molecular weight excluding hydrogens is 434 g/mol. The molecule has 10 nitrogen and oxygen atoms in total. The Kier molecular flexibility index (Phi) is 6.86. The summed E-state index contributed by atoms with van der Waals surface area (Å²) < 4.78 is 10.9. The Morgan fingerprint density at radius 3 is 2.56 bits per heavy atom. The fourth-order valence-electron chi connectivity index (χ4n) is 3.53. The highest BCUT2D eigenvalue weighted by Crippen LogP contribution is 2.32. The maximum absolute atomic E-state index is 12.4. The normalized spacial score (nSPS) is 15.8. The maximum Gasteiger partial charge on any atom is 0.325 e. The second-order valence-corrected chi connectivity index (χ2v) is 8.52. The number of amides is 4. The number of hydrogen-bond acceptors (Lipinski definition) is 8. The van der Waals surface area contributed by atoms with E-state index >= 15 is 0 Å². The van der Waals surface area contributed by atoms with Crippen molar-refractivity contribution >= 4 is 34.9 Å². The number of aromatic nitrogens is 1. The summed E-state index contributed by atoms with van der Waals surface area (Å²) >= 11 is 1.49. The van der Waals surface area contributed by atoms with Crippen molar-refractivity contribution in [3.63, 3.8) is 0 Å². The minimum atomic E-state index is -0.612. The molecule has 0 atom stereocenters. The van der Waals surface area contributed by atoms with Gasteiger partial charge in [0.2, 0.25) is 11.8 Å². The van der Waals surface area contributed by atoms with Gasteiger partial charge in [-0.25, -0.2) is 9.78 Å². The number of imide groups is 1. The van der Waals surface area contributed by atoms with Crippen molar-refractivity contribution in [3.8, 4) is 11.5 Å². The number of carbonyl (C=O) groups is 3. The molecule has 0 radical (unpaired) electrons. The van der Waals surface area contributed by atoms with Gasteiger partial charge in [-0.3, -0.25) is 19.8 Å². The maximum atomic E-state index is 12.4. The first-order chi connectivity index (χ1) is 15.5. The van der Waals surface area contributed by atoms with E-state index < -0.39 is 11.9 Å². The monoisotopic (exact) mass is 459 g/mol. The molecule has 2 aliphatic rings. The van der Waals surface area contributed by atoms with Crippen LogP contribution in [0.5, 0.6) is 11.5 Å². The first-order valence-corrected chi connectivity index (χ1v) is 11.3. The van der Waals surface area contributed by atoms with Gasteiger partial charge in [-0.1, -0.05) is 0 Å². The molecule has 0 saturated carbocycles. The van der Waals surface area contributed by atoms with Crippen molar-refractivity contribution in [1.29, 1.82) is 0 Å². The summed E-state index contributed by atoms with van der Waals surface area (Å²) in [5, 5.41) is 7.71. The lowest BCUT2D eigenvalue weighted by atomic mass is 10.2. The Hall–Kier alpha value is -3.18. The molecule has 2 aromatic rings. The summed E-state index contributed by atoms with van der Waals surface area (Å²) in [5.74, 6) is 0.816. The minimum absolute atomic E-state index is 0.0438. The summed E-state index contributed by atoms with van der Waals surface area (Å²) in [5.41, 5.74) is 1.42.